The molecule has 0 N–H and O–H groups in total. The van der Waals surface area contributed by atoms with E-state index in [1.54, 1.807) is 4.57 Å². The lowest BCUT2D eigenvalue weighted by Gasteiger charge is -2.29. The Morgan fingerprint density at radius 2 is 1.78 bits per heavy atom. The zero-order chi connectivity index (χ0) is 22.3. The minimum Gasteiger partial charge on any atom is -0.370 e. The van der Waals surface area contributed by atoms with E-state index in [1.807, 2.05) is 67.6 Å². The molecule has 7 heteroatoms. The summed E-state index contributed by atoms with van der Waals surface area (Å²) in [5.74, 6) is 0.287. The molecular formula is C25H24N4O2S. The van der Waals surface area contributed by atoms with Crippen LogP contribution in [0.25, 0.3) is 15.9 Å². The number of aromatic nitrogens is 2. The number of benzene rings is 2. The van der Waals surface area contributed by atoms with Crippen LogP contribution in [0.3, 0.4) is 0 Å². The first-order valence-corrected chi connectivity index (χ1v) is 11.5. The zero-order valence-corrected chi connectivity index (χ0v) is 19.1. The summed E-state index contributed by atoms with van der Waals surface area (Å²) in [6.45, 7) is 6.58. The van der Waals surface area contributed by atoms with Crippen molar-refractivity contribution >= 4 is 27.5 Å². The van der Waals surface area contributed by atoms with Crippen LogP contribution in [-0.2, 0) is 17.8 Å². The number of rotatable bonds is 4. The molecule has 0 bridgehead atoms. The Hall–Kier alpha value is -3.16. The van der Waals surface area contributed by atoms with Crippen LogP contribution in [0.15, 0.2) is 75.7 Å². The third-order valence-corrected chi connectivity index (χ3v) is 6.80. The maximum atomic E-state index is 13.8. The van der Waals surface area contributed by atoms with Gasteiger partial charge in [0.1, 0.15) is 4.83 Å². The van der Waals surface area contributed by atoms with E-state index in [2.05, 4.69) is 24.1 Å². The highest BCUT2D eigenvalue weighted by molar-refractivity contribution is 7.18. The number of nitrogens with zero attached hydrogens (tertiary/aromatic N) is 4. The summed E-state index contributed by atoms with van der Waals surface area (Å²) in [5, 5.41) is 9.61. The molecule has 0 aliphatic carbocycles. The van der Waals surface area contributed by atoms with Crippen molar-refractivity contribution in [1.29, 1.82) is 0 Å². The molecule has 2 aromatic carbocycles. The summed E-state index contributed by atoms with van der Waals surface area (Å²) in [6.07, 6.45) is 0.681. The molecule has 0 unspecified atom stereocenters. The van der Waals surface area contributed by atoms with Crippen LogP contribution in [0.4, 0.5) is 5.95 Å². The predicted octanol–water partition coefficient (Wildman–Crippen LogP) is 6.14. The summed E-state index contributed by atoms with van der Waals surface area (Å²) < 4.78 is 7.53. The number of para-hydroxylation sites is 1. The van der Waals surface area contributed by atoms with Gasteiger partial charge in [-0.25, -0.2) is 4.57 Å². The Morgan fingerprint density at radius 3 is 2.50 bits per heavy atom. The standard InChI is InChI=1S/C25H24N4O2S/c1-16(17-10-6-4-7-11-17)27-28-24-26-22-21(19-14-25(2,3)31-15-20(19)32-22)23(30)29(24)18-12-8-5-9-13-18/h4-13,16H,14-15H2,1-3H3/t16-/m1/s1. The van der Waals surface area contributed by atoms with Gasteiger partial charge in [-0.05, 0) is 44.0 Å². The van der Waals surface area contributed by atoms with Crippen LogP contribution in [-0.4, -0.2) is 15.2 Å². The second-order valence-corrected chi connectivity index (χ2v) is 9.68. The summed E-state index contributed by atoms with van der Waals surface area (Å²) in [5.41, 5.74) is 2.40. The lowest BCUT2D eigenvalue weighted by Crippen LogP contribution is -2.32. The van der Waals surface area contributed by atoms with Crippen LogP contribution in [0.2, 0.25) is 0 Å². The summed E-state index contributed by atoms with van der Waals surface area (Å²) in [7, 11) is 0. The van der Waals surface area contributed by atoms with Crippen LogP contribution in [0, 0.1) is 0 Å². The molecule has 0 spiro atoms. The van der Waals surface area contributed by atoms with E-state index in [0.29, 0.717) is 23.2 Å². The minimum absolute atomic E-state index is 0.113. The zero-order valence-electron chi connectivity index (χ0n) is 18.3. The molecule has 2 aromatic heterocycles. The summed E-state index contributed by atoms with van der Waals surface area (Å²) in [4.78, 5) is 20.3. The topological polar surface area (TPSA) is 68.8 Å². The number of fused-ring (bicyclic) bond motifs is 3. The van der Waals surface area contributed by atoms with Gasteiger partial charge in [-0.2, -0.15) is 10.1 Å². The van der Waals surface area contributed by atoms with Crippen molar-refractivity contribution in [1.82, 2.24) is 9.55 Å². The van der Waals surface area contributed by atoms with E-state index in [4.69, 9.17) is 9.72 Å². The molecule has 6 nitrogen and oxygen atoms in total. The van der Waals surface area contributed by atoms with E-state index in [1.165, 1.54) is 11.3 Å². The fraction of sp³-hybridized carbons (Fsp3) is 0.280. The van der Waals surface area contributed by atoms with Gasteiger partial charge in [0.2, 0.25) is 0 Å². The van der Waals surface area contributed by atoms with Gasteiger partial charge in [-0.1, -0.05) is 48.5 Å². The van der Waals surface area contributed by atoms with Crippen LogP contribution < -0.4 is 5.56 Å². The van der Waals surface area contributed by atoms with E-state index < -0.39 is 0 Å². The Labute approximate surface area is 190 Å². The van der Waals surface area contributed by atoms with Crippen molar-refractivity contribution in [3.8, 4) is 5.69 Å². The van der Waals surface area contributed by atoms with Crippen LogP contribution >= 0.6 is 11.3 Å². The SMILES string of the molecule is C[C@@H](N=Nc1nc2sc3c(c2c(=O)n1-c1ccccc1)CC(C)(C)OC3)c1ccccc1. The molecular weight excluding hydrogens is 420 g/mol. The predicted molar refractivity (Wildman–Crippen MR) is 127 cm³/mol. The van der Waals surface area contributed by atoms with Gasteiger partial charge >= 0.3 is 0 Å². The Balaban J connectivity index is 1.69. The fourth-order valence-electron chi connectivity index (χ4n) is 4.00. The highest BCUT2D eigenvalue weighted by Crippen LogP contribution is 2.38. The van der Waals surface area contributed by atoms with Crippen molar-refractivity contribution in [2.24, 2.45) is 10.2 Å². The third kappa shape index (κ3) is 3.78. The van der Waals surface area contributed by atoms with Crippen molar-refractivity contribution in [2.45, 2.75) is 45.4 Å². The molecule has 0 radical (unpaired) electrons. The second kappa shape index (κ2) is 8.07. The van der Waals surface area contributed by atoms with E-state index in [-0.39, 0.29) is 23.2 Å². The third-order valence-electron chi connectivity index (χ3n) is 5.70. The van der Waals surface area contributed by atoms with Gasteiger partial charge in [0.05, 0.1) is 29.3 Å². The van der Waals surface area contributed by atoms with Crippen molar-refractivity contribution in [2.75, 3.05) is 0 Å². The van der Waals surface area contributed by atoms with Gasteiger partial charge in [0.25, 0.3) is 11.5 Å². The first-order valence-electron chi connectivity index (χ1n) is 10.7. The Morgan fingerprint density at radius 1 is 1.09 bits per heavy atom. The molecule has 4 aromatic rings. The molecule has 0 saturated heterocycles. The lowest BCUT2D eigenvalue weighted by molar-refractivity contribution is -0.0379. The maximum absolute atomic E-state index is 13.8. The van der Waals surface area contributed by atoms with Crippen molar-refractivity contribution in [3.63, 3.8) is 0 Å². The lowest BCUT2D eigenvalue weighted by atomic mass is 9.94. The average molecular weight is 445 g/mol. The highest BCUT2D eigenvalue weighted by Gasteiger charge is 2.31. The first kappa shape index (κ1) is 20.7. The molecule has 0 saturated carbocycles. The van der Waals surface area contributed by atoms with Crippen LogP contribution in [0.1, 0.15) is 42.8 Å². The molecule has 1 aliphatic heterocycles. The van der Waals surface area contributed by atoms with E-state index in [0.717, 1.165) is 21.7 Å². The smallest absolute Gasteiger partial charge is 0.268 e. The number of hydrogen-bond donors (Lipinski definition) is 0. The molecule has 3 heterocycles. The molecule has 162 valence electrons. The van der Waals surface area contributed by atoms with Gasteiger partial charge in [0, 0.05) is 11.3 Å². The number of hydrogen-bond acceptors (Lipinski definition) is 6. The summed E-state index contributed by atoms with van der Waals surface area (Å²) in [6, 6.07) is 19.3. The number of thiophene rings is 1. The number of ether oxygens (including phenoxy) is 1. The Bertz CT molecular complexity index is 1360. The normalized spacial score (nSPS) is 16.3. The van der Waals surface area contributed by atoms with Crippen molar-refractivity contribution < 1.29 is 4.74 Å². The number of azo groups is 1. The monoisotopic (exact) mass is 444 g/mol. The highest BCUT2D eigenvalue weighted by atomic mass is 32.1. The van der Waals surface area contributed by atoms with Gasteiger partial charge in [0.15, 0.2) is 0 Å². The van der Waals surface area contributed by atoms with Gasteiger partial charge in [-0.3, -0.25) is 4.79 Å². The van der Waals surface area contributed by atoms with Crippen LogP contribution in [0.5, 0.6) is 0 Å². The largest absolute Gasteiger partial charge is 0.370 e. The van der Waals surface area contributed by atoms with E-state index >= 15 is 0 Å². The van der Waals surface area contributed by atoms with Gasteiger partial charge in [-0.15, -0.1) is 16.5 Å². The molecule has 5 rings (SSSR count). The second-order valence-electron chi connectivity index (χ2n) is 8.60. The minimum atomic E-state index is -0.311. The molecule has 1 aliphatic rings. The molecule has 0 amide bonds. The first-order chi connectivity index (χ1) is 15.4. The van der Waals surface area contributed by atoms with Gasteiger partial charge < -0.3 is 4.74 Å². The average Bonchev–Trinajstić information content (AvgIpc) is 3.15. The summed E-state index contributed by atoms with van der Waals surface area (Å²) >= 11 is 1.51. The molecule has 32 heavy (non-hydrogen) atoms. The fourth-order valence-corrected chi connectivity index (χ4v) is 5.08. The molecule has 0 fully saturated rings. The Kier molecular flexibility index (Phi) is 5.23. The maximum Gasteiger partial charge on any atom is 0.268 e. The molecule has 1 atom stereocenters. The van der Waals surface area contributed by atoms with Crippen molar-refractivity contribution in [3.05, 3.63) is 87.0 Å². The quantitative estimate of drug-likeness (QED) is 0.355. The van der Waals surface area contributed by atoms with E-state index in [9.17, 15) is 4.79 Å².